The highest BCUT2D eigenvalue weighted by atomic mass is 35.5. The van der Waals surface area contributed by atoms with Crippen LogP contribution in [0.25, 0.3) is 0 Å². The molecular weight excluding hydrogens is 503 g/mol. The summed E-state index contributed by atoms with van der Waals surface area (Å²) in [6.07, 6.45) is 1.84. The van der Waals surface area contributed by atoms with Gasteiger partial charge in [0.05, 0.1) is 36.3 Å². The summed E-state index contributed by atoms with van der Waals surface area (Å²) in [5.41, 5.74) is 12.5. The average Bonchev–Trinajstić information content (AvgIpc) is 3.57. The number of aldehydes is 2. The van der Waals surface area contributed by atoms with E-state index in [1.54, 1.807) is 0 Å². The largest absolute Gasteiger partial charge is 0.353 e. The first-order chi connectivity index (χ1) is 16.6. The molecule has 12 heteroatoms. The van der Waals surface area contributed by atoms with Crippen LogP contribution in [-0.2, 0) is 9.59 Å². The maximum Gasteiger partial charge on any atom is 0.238 e. The monoisotopic (exact) mass is 530 g/mol. The first-order valence-electron chi connectivity index (χ1n) is 11.3. The molecule has 10 nitrogen and oxygen atoms in total. The van der Waals surface area contributed by atoms with Gasteiger partial charge < -0.3 is 20.2 Å². The predicted molar refractivity (Wildman–Crippen MR) is 145 cm³/mol. The summed E-state index contributed by atoms with van der Waals surface area (Å²) in [6.45, 7) is 6.72. The van der Waals surface area contributed by atoms with Crippen LogP contribution in [-0.4, -0.2) is 50.7 Å². The van der Waals surface area contributed by atoms with Gasteiger partial charge in [-0.15, -0.1) is 35.0 Å². The van der Waals surface area contributed by atoms with Gasteiger partial charge in [0.15, 0.2) is 0 Å². The molecule has 2 aromatic rings. The van der Waals surface area contributed by atoms with E-state index in [0.29, 0.717) is 42.8 Å². The SMILES string of the molecule is Cc1c(C)c(NNC2=NCCN2)c2c(c1N=NC1=NCCN1)C(C=O)c1ccccc1C2C=O.Cl.Cl. The van der Waals surface area contributed by atoms with Crippen LogP contribution in [0.1, 0.15) is 45.2 Å². The molecule has 0 spiro atoms. The van der Waals surface area contributed by atoms with Gasteiger partial charge >= 0.3 is 0 Å². The van der Waals surface area contributed by atoms with Crippen molar-refractivity contribution in [2.45, 2.75) is 25.7 Å². The van der Waals surface area contributed by atoms with Crippen molar-refractivity contribution in [2.75, 3.05) is 31.6 Å². The molecule has 2 aliphatic heterocycles. The van der Waals surface area contributed by atoms with Crippen molar-refractivity contribution in [3.8, 4) is 0 Å². The number of guanidine groups is 2. The third-order valence-corrected chi connectivity index (χ3v) is 6.55. The molecule has 2 heterocycles. The van der Waals surface area contributed by atoms with Crippen LogP contribution in [0.4, 0.5) is 11.4 Å². The van der Waals surface area contributed by atoms with Gasteiger partial charge in [-0.05, 0) is 41.7 Å². The topological polar surface area (TPSA) is 132 Å². The lowest BCUT2D eigenvalue weighted by Crippen LogP contribution is -2.38. The number of nitrogens with zero attached hydrogens (tertiary/aromatic N) is 4. The summed E-state index contributed by atoms with van der Waals surface area (Å²) in [4.78, 5) is 33.7. The maximum absolute atomic E-state index is 12.5. The van der Waals surface area contributed by atoms with Crippen molar-refractivity contribution in [3.05, 3.63) is 57.6 Å². The standard InChI is InChI=1S/C24H26N8O2.2ClH/c1-13-14(2)22(30-32-24-27-9-10-28-24)20-18(12-34)16-6-4-3-5-15(16)17(11-33)19(20)21(13)29-31-23-25-7-8-26-23;;/h3-6,11-12,17-18,29H,7-10H2,1-2H3,(H,27,28)(H2,25,26,31);2*1H. The summed E-state index contributed by atoms with van der Waals surface area (Å²) >= 11 is 0. The molecule has 3 aliphatic rings. The van der Waals surface area contributed by atoms with Crippen molar-refractivity contribution in [1.29, 1.82) is 0 Å². The second-order valence-electron chi connectivity index (χ2n) is 8.40. The molecule has 4 N–H and O–H groups in total. The van der Waals surface area contributed by atoms with E-state index < -0.39 is 11.8 Å². The second kappa shape index (κ2) is 11.5. The Balaban J connectivity index is 0.00000180. The lowest BCUT2D eigenvalue weighted by molar-refractivity contribution is -0.109. The lowest BCUT2D eigenvalue weighted by Gasteiger charge is -2.34. The Morgan fingerprint density at radius 3 is 2.08 bits per heavy atom. The highest BCUT2D eigenvalue weighted by molar-refractivity contribution is 5.91. The fraction of sp³-hybridized carbons (Fsp3) is 0.333. The van der Waals surface area contributed by atoms with Crippen LogP contribution < -0.4 is 21.5 Å². The van der Waals surface area contributed by atoms with Gasteiger partial charge in [-0.3, -0.25) is 15.8 Å². The van der Waals surface area contributed by atoms with Gasteiger partial charge in [-0.1, -0.05) is 24.3 Å². The van der Waals surface area contributed by atoms with Crippen LogP contribution in [0.2, 0.25) is 0 Å². The van der Waals surface area contributed by atoms with E-state index in [-0.39, 0.29) is 24.8 Å². The Morgan fingerprint density at radius 1 is 0.861 bits per heavy atom. The Labute approximate surface area is 221 Å². The molecule has 0 bridgehead atoms. The molecule has 0 amide bonds. The van der Waals surface area contributed by atoms with Crippen LogP contribution in [0, 0.1) is 13.8 Å². The van der Waals surface area contributed by atoms with Crippen molar-refractivity contribution in [3.63, 3.8) is 0 Å². The Bertz CT molecular complexity index is 1260. The maximum atomic E-state index is 12.5. The summed E-state index contributed by atoms with van der Waals surface area (Å²) < 4.78 is 0. The van der Waals surface area contributed by atoms with E-state index in [1.807, 2.05) is 38.1 Å². The Kier molecular flexibility index (Phi) is 8.65. The number of carbonyl (C=O) groups is 2. The molecular formula is C24H28Cl2N8O2. The molecule has 1 aliphatic carbocycles. The third-order valence-electron chi connectivity index (χ3n) is 6.55. The molecule has 5 rings (SSSR count). The number of benzene rings is 2. The number of fused-ring (bicyclic) bond motifs is 2. The van der Waals surface area contributed by atoms with Gasteiger partial charge in [0.2, 0.25) is 11.9 Å². The highest BCUT2D eigenvalue weighted by Gasteiger charge is 2.37. The second-order valence-corrected chi connectivity index (χ2v) is 8.40. The number of rotatable bonds is 5. The molecule has 0 aromatic heterocycles. The van der Waals surface area contributed by atoms with Crippen LogP contribution in [0.3, 0.4) is 0 Å². The quantitative estimate of drug-likeness (QED) is 0.267. The number of azo groups is 1. The Morgan fingerprint density at radius 2 is 1.50 bits per heavy atom. The van der Waals surface area contributed by atoms with Crippen LogP contribution in [0.15, 0.2) is 44.5 Å². The fourth-order valence-electron chi connectivity index (χ4n) is 4.78. The number of carbonyl (C=O) groups excluding carboxylic acids is 2. The predicted octanol–water partition coefficient (Wildman–Crippen LogP) is 3.04. The van der Waals surface area contributed by atoms with Crippen molar-refractivity contribution in [1.82, 2.24) is 16.1 Å². The smallest absolute Gasteiger partial charge is 0.238 e. The van der Waals surface area contributed by atoms with Crippen molar-refractivity contribution in [2.24, 2.45) is 20.2 Å². The van der Waals surface area contributed by atoms with Crippen LogP contribution in [0.5, 0.6) is 0 Å². The molecule has 2 unspecified atom stereocenters. The average molecular weight is 531 g/mol. The minimum absolute atomic E-state index is 0. The Hall–Kier alpha value is -3.50. The number of hydrazine groups is 1. The summed E-state index contributed by atoms with van der Waals surface area (Å²) in [7, 11) is 0. The van der Waals surface area contributed by atoms with Crippen molar-refractivity contribution >= 4 is 60.7 Å². The van der Waals surface area contributed by atoms with Gasteiger partial charge in [-0.25, -0.2) is 4.99 Å². The van der Waals surface area contributed by atoms with E-state index in [1.165, 1.54) is 0 Å². The van der Waals surface area contributed by atoms with E-state index >= 15 is 0 Å². The minimum atomic E-state index is -0.586. The number of hydrogen-bond donors (Lipinski definition) is 4. The van der Waals surface area contributed by atoms with Gasteiger partial charge in [0.25, 0.3) is 0 Å². The van der Waals surface area contributed by atoms with Crippen molar-refractivity contribution < 1.29 is 9.59 Å². The highest BCUT2D eigenvalue weighted by Crippen LogP contribution is 2.51. The number of anilines is 1. The van der Waals surface area contributed by atoms with E-state index in [0.717, 1.165) is 52.6 Å². The van der Waals surface area contributed by atoms with Gasteiger partial charge in [-0.2, -0.15) is 0 Å². The summed E-state index contributed by atoms with van der Waals surface area (Å²) in [5.74, 6) is -0.0616. The van der Waals surface area contributed by atoms with E-state index in [2.05, 4.69) is 41.7 Å². The molecule has 2 atom stereocenters. The number of aliphatic imine (C=N–C) groups is 2. The fourth-order valence-corrected chi connectivity index (χ4v) is 4.78. The lowest BCUT2D eigenvalue weighted by atomic mass is 9.71. The minimum Gasteiger partial charge on any atom is -0.353 e. The number of hydrogen-bond acceptors (Lipinski definition) is 10. The normalized spacial score (nSPS) is 19.4. The molecule has 0 saturated carbocycles. The molecule has 36 heavy (non-hydrogen) atoms. The summed E-state index contributed by atoms with van der Waals surface area (Å²) in [6, 6.07) is 7.57. The number of nitrogens with one attached hydrogen (secondary N) is 4. The van der Waals surface area contributed by atoms with E-state index in [4.69, 9.17) is 0 Å². The van der Waals surface area contributed by atoms with E-state index in [9.17, 15) is 9.59 Å². The first-order valence-corrected chi connectivity index (χ1v) is 11.3. The molecule has 0 saturated heterocycles. The first kappa shape index (κ1) is 27.1. The molecule has 0 radical (unpaired) electrons. The van der Waals surface area contributed by atoms with Gasteiger partial charge in [0.1, 0.15) is 12.6 Å². The van der Waals surface area contributed by atoms with Crippen LogP contribution >= 0.6 is 24.8 Å². The zero-order chi connectivity index (χ0) is 23.7. The number of halogens is 2. The zero-order valence-corrected chi connectivity index (χ0v) is 21.5. The molecule has 190 valence electrons. The molecule has 2 aromatic carbocycles. The summed E-state index contributed by atoms with van der Waals surface area (Å²) in [5, 5.41) is 15.1. The zero-order valence-electron chi connectivity index (χ0n) is 19.9. The third kappa shape index (κ3) is 4.66. The van der Waals surface area contributed by atoms with Gasteiger partial charge in [0, 0.05) is 18.7 Å². The molecule has 0 fully saturated rings.